The fraction of sp³-hybridized carbons (Fsp3) is 0.800. The van der Waals surface area contributed by atoms with Crippen molar-refractivity contribution in [2.45, 2.75) is 32.9 Å². The van der Waals surface area contributed by atoms with Crippen molar-refractivity contribution >= 4 is 11.8 Å². The Bertz CT molecular complexity index is 253. The van der Waals surface area contributed by atoms with Crippen molar-refractivity contribution in [1.29, 1.82) is 0 Å². The van der Waals surface area contributed by atoms with Crippen molar-refractivity contribution in [3.8, 4) is 0 Å². The SMILES string of the molecule is CCN1CC(C(=O)NC(C)C)NCC1=O. The van der Waals surface area contributed by atoms with Gasteiger partial charge in [0.1, 0.15) is 6.04 Å². The molecule has 86 valence electrons. The lowest BCUT2D eigenvalue weighted by atomic mass is 10.2. The minimum absolute atomic E-state index is 0.0315. The quantitative estimate of drug-likeness (QED) is 0.653. The van der Waals surface area contributed by atoms with E-state index in [1.807, 2.05) is 20.8 Å². The molecule has 5 nitrogen and oxygen atoms in total. The van der Waals surface area contributed by atoms with Gasteiger partial charge in [0.15, 0.2) is 0 Å². The molecule has 2 N–H and O–H groups in total. The van der Waals surface area contributed by atoms with E-state index in [-0.39, 0.29) is 30.4 Å². The molecule has 0 aromatic rings. The topological polar surface area (TPSA) is 61.4 Å². The van der Waals surface area contributed by atoms with Crippen LogP contribution in [0.15, 0.2) is 0 Å². The number of likely N-dealkylation sites (N-methyl/N-ethyl adjacent to an activating group) is 1. The summed E-state index contributed by atoms with van der Waals surface area (Å²) in [4.78, 5) is 24.7. The summed E-state index contributed by atoms with van der Waals surface area (Å²) >= 11 is 0. The Morgan fingerprint density at radius 1 is 1.67 bits per heavy atom. The molecule has 0 radical (unpaired) electrons. The van der Waals surface area contributed by atoms with Gasteiger partial charge in [0.05, 0.1) is 6.54 Å². The van der Waals surface area contributed by atoms with E-state index < -0.39 is 0 Å². The first-order valence-corrected chi connectivity index (χ1v) is 5.36. The minimum atomic E-state index is -0.273. The highest BCUT2D eigenvalue weighted by Crippen LogP contribution is 2.00. The zero-order valence-corrected chi connectivity index (χ0v) is 9.54. The number of hydrogen-bond acceptors (Lipinski definition) is 3. The summed E-state index contributed by atoms with van der Waals surface area (Å²) in [6, 6.07) is -0.142. The number of hydrogen-bond donors (Lipinski definition) is 2. The van der Waals surface area contributed by atoms with Gasteiger partial charge in [0, 0.05) is 19.1 Å². The summed E-state index contributed by atoms with van der Waals surface area (Å²) in [5.74, 6) is 0.0297. The van der Waals surface area contributed by atoms with Crippen LogP contribution in [0.1, 0.15) is 20.8 Å². The Kier molecular flexibility index (Phi) is 4.08. The van der Waals surface area contributed by atoms with E-state index in [1.165, 1.54) is 0 Å². The molecule has 1 unspecified atom stereocenters. The van der Waals surface area contributed by atoms with Crippen LogP contribution in [0.3, 0.4) is 0 Å². The summed E-state index contributed by atoms with van der Waals surface area (Å²) in [5, 5.41) is 5.77. The van der Waals surface area contributed by atoms with Crippen molar-refractivity contribution in [3.63, 3.8) is 0 Å². The largest absolute Gasteiger partial charge is 0.353 e. The third kappa shape index (κ3) is 3.20. The average Bonchev–Trinajstić information content (AvgIpc) is 2.17. The standard InChI is InChI=1S/C10H19N3O2/c1-4-13-6-8(11-5-9(13)14)10(15)12-7(2)3/h7-8,11H,4-6H2,1-3H3,(H,12,15). The van der Waals surface area contributed by atoms with Crippen molar-refractivity contribution in [1.82, 2.24) is 15.5 Å². The fourth-order valence-corrected chi connectivity index (χ4v) is 1.58. The van der Waals surface area contributed by atoms with E-state index in [0.29, 0.717) is 13.1 Å². The third-order valence-corrected chi connectivity index (χ3v) is 2.38. The second-order valence-electron chi connectivity index (χ2n) is 4.03. The molecule has 1 saturated heterocycles. The van der Waals surface area contributed by atoms with Gasteiger partial charge < -0.3 is 10.2 Å². The zero-order valence-electron chi connectivity index (χ0n) is 9.54. The molecule has 1 aliphatic rings. The van der Waals surface area contributed by atoms with Crippen LogP contribution in [-0.4, -0.2) is 48.4 Å². The number of carbonyl (C=O) groups is 2. The first-order valence-electron chi connectivity index (χ1n) is 5.36. The highest BCUT2D eigenvalue weighted by atomic mass is 16.2. The van der Waals surface area contributed by atoms with E-state index in [1.54, 1.807) is 4.90 Å². The number of rotatable bonds is 3. The van der Waals surface area contributed by atoms with Crippen LogP contribution in [0.2, 0.25) is 0 Å². The Morgan fingerprint density at radius 3 is 2.87 bits per heavy atom. The van der Waals surface area contributed by atoms with Gasteiger partial charge in [-0.25, -0.2) is 0 Å². The maximum Gasteiger partial charge on any atom is 0.239 e. The van der Waals surface area contributed by atoms with E-state index in [9.17, 15) is 9.59 Å². The van der Waals surface area contributed by atoms with E-state index in [0.717, 1.165) is 0 Å². The average molecular weight is 213 g/mol. The molecule has 1 fully saturated rings. The van der Waals surface area contributed by atoms with E-state index >= 15 is 0 Å². The lowest BCUT2D eigenvalue weighted by Gasteiger charge is -2.32. The molecule has 0 aromatic carbocycles. The van der Waals surface area contributed by atoms with Gasteiger partial charge in [-0.05, 0) is 20.8 Å². The first kappa shape index (κ1) is 12.0. The van der Waals surface area contributed by atoms with Crippen LogP contribution in [-0.2, 0) is 9.59 Å². The molecule has 0 spiro atoms. The summed E-state index contributed by atoms with van der Waals surface area (Å²) in [6.07, 6.45) is 0. The van der Waals surface area contributed by atoms with Gasteiger partial charge in [-0.2, -0.15) is 0 Å². The number of nitrogens with zero attached hydrogens (tertiary/aromatic N) is 1. The summed E-state index contributed by atoms with van der Waals surface area (Å²) in [6.45, 7) is 7.14. The van der Waals surface area contributed by atoms with E-state index in [4.69, 9.17) is 0 Å². The van der Waals surface area contributed by atoms with Crippen molar-refractivity contribution in [2.24, 2.45) is 0 Å². The lowest BCUT2D eigenvalue weighted by molar-refractivity contribution is -0.135. The zero-order chi connectivity index (χ0) is 11.4. The number of amides is 2. The molecule has 1 atom stereocenters. The molecule has 0 saturated carbocycles. The van der Waals surface area contributed by atoms with Gasteiger partial charge in [-0.15, -0.1) is 0 Å². The highest BCUT2D eigenvalue weighted by molar-refractivity contribution is 5.86. The van der Waals surface area contributed by atoms with Gasteiger partial charge in [0.2, 0.25) is 11.8 Å². The van der Waals surface area contributed by atoms with Crippen LogP contribution >= 0.6 is 0 Å². The minimum Gasteiger partial charge on any atom is -0.353 e. The maximum absolute atomic E-state index is 11.7. The van der Waals surface area contributed by atoms with E-state index in [2.05, 4.69) is 10.6 Å². The molecule has 2 amide bonds. The van der Waals surface area contributed by atoms with Gasteiger partial charge in [-0.3, -0.25) is 14.9 Å². The van der Waals surface area contributed by atoms with Crippen LogP contribution in [0.4, 0.5) is 0 Å². The summed E-state index contributed by atoms with van der Waals surface area (Å²) < 4.78 is 0. The second-order valence-corrected chi connectivity index (χ2v) is 4.03. The highest BCUT2D eigenvalue weighted by Gasteiger charge is 2.28. The monoisotopic (exact) mass is 213 g/mol. The molecule has 5 heteroatoms. The van der Waals surface area contributed by atoms with Gasteiger partial charge in [-0.1, -0.05) is 0 Å². The Labute approximate surface area is 90.2 Å². The fourth-order valence-electron chi connectivity index (χ4n) is 1.58. The maximum atomic E-state index is 11.7. The van der Waals surface area contributed by atoms with Crippen LogP contribution in [0.5, 0.6) is 0 Å². The first-order chi connectivity index (χ1) is 7.04. The normalized spacial score (nSPS) is 22.0. The molecule has 1 heterocycles. The van der Waals surface area contributed by atoms with Crippen molar-refractivity contribution < 1.29 is 9.59 Å². The predicted octanol–water partition coefficient (Wildman–Crippen LogP) is -0.669. The van der Waals surface area contributed by atoms with Gasteiger partial charge >= 0.3 is 0 Å². The Balaban J connectivity index is 2.50. The number of carbonyl (C=O) groups excluding carboxylic acids is 2. The predicted molar refractivity (Wildman–Crippen MR) is 57.3 cm³/mol. The van der Waals surface area contributed by atoms with Crippen LogP contribution in [0.25, 0.3) is 0 Å². The van der Waals surface area contributed by atoms with Gasteiger partial charge in [0.25, 0.3) is 0 Å². The lowest BCUT2D eigenvalue weighted by Crippen LogP contribution is -2.59. The molecule has 1 aliphatic heterocycles. The summed E-state index contributed by atoms with van der Waals surface area (Å²) in [7, 11) is 0. The molecular weight excluding hydrogens is 194 g/mol. The number of piperazine rings is 1. The van der Waals surface area contributed by atoms with Crippen LogP contribution in [0, 0.1) is 0 Å². The number of nitrogens with one attached hydrogen (secondary N) is 2. The van der Waals surface area contributed by atoms with Crippen molar-refractivity contribution in [2.75, 3.05) is 19.6 Å². The molecule has 0 aromatic heterocycles. The van der Waals surface area contributed by atoms with Crippen LogP contribution < -0.4 is 10.6 Å². The molecule has 1 rings (SSSR count). The Hall–Kier alpha value is -1.10. The molecule has 0 aliphatic carbocycles. The second kappa shape index (κ2) is 5.11. The smallest absolute Gasteiger partial charge is 0.239 e. The molecule has 0 bridgehead atoms. The Morgan fingerprint density at radius 2 is 2.33 bits per heavy atom. The third-order valence-electron chi connectivity index (χ3n) is 2.38. The molecule has 15 heavy (non-hydrogen) atoms. The summed E-state index contributed by atoms with van der Waals surface area (Å²) in [5.41, 5.74) is 0. The van der Waals surface area contributed by atoms with Crippen molar-refractivity contribution in [3.05, 3.63) is 0 Å². The molecular formula is C10H19N3O2.